The third-order valence-corrected chi connectivity index (χ3v) is 8.15. The highest BCUT2D eigenvalue weighted by Crippen LogP contribution is 2.64. The third kappa shape index (κ3) is 2.72. The van der Waals surface area contributed by atoms with Crippen LogP contribution in [0.1, 0.15) is 27.8 Å². The number of rotatable bonds is 2. The molecule has 2 aliphatic rings. The van der Waals surface area contributed by atoms with Crippen LogP contribution in [0.15, 0.2) is 127 Å². The van der Waals surface area contributed by atoms with Gasteiger partial charge in [0.1, 0.15) is 0 Å². The maximum Gasteiger partial charge on any atom is 0.160 e. The quantitative estimate of drug-likeness (QED) is 0.246. The molecule has 2 heteroatoms. The van der Waals surface area contributed by atoms with Crippen molar-refractivity contribution >= 4 is 0 Å². The van der Waals surface area contributed by atoms with E-state index < -0.39 is 5.41 Å². The van der Waals surface area contributed by atoms with Crippen LogP contribution in [0.25, 0.3) is 45.0 Å². The van der Waals surface area contributed by atoms with E-state index in [0.29, 0.717) is 0 Å². The Bertz CT molecular complexity index is 1870. The van der Waals surface area contributed by atoms with Crippen molar-refractivity contribution in [3.05, 3.63) is 155 Å². The van der Waals surface area contributed by atoms with Gasteiger partial charge in [0.15, 0.2) is 5.82 Å². The van der Waals surface area contributed by atoms with E-state index in [0.717, 1.165) is 28.3 Å². The minimum absolute atomic E-state index is 0.482. The third-order valence-electron chi connectivity index (χ3n) is 8.15. The van der Waals surface area contributed by atoms with Gasteiger partial charge in [-0.25, -0.2) is 9.97 Å². The first-order valence-corrected chi connectivity index (χ1v) is 13.1. The summed E-state index contributed by atoms with van der Waals surface area (Å²) in [7, 11) is 0. The van der Waals surface area contributed by atoms with Crippen molar-refractivity contribution in [1.82, 2.24) is 9.97 Å². The molecule has 0 amide bonds. The Balaban J connectivity index is 1.59. The SMILES string of the molecule is Cc1ccc2c(c1)C1(c3ccccc3-2)c2ccccc2-c2nc(-c3ccccc3)nc(-c3ccccc3)c21. The van der Waals surface area contributed by atoms with Gasteiger partial charge in [-0.2, -0.15) is 0 Å². The van der Waals surface area contributed by atoms with E-state index in [9.17, 15) is 0 Å². The lowest BCUT2D eigenvalue weighted by Gasteiger charge is -2.31. The van der Waals surface area contributed by atoms with Crippen molar-refractivity contribution in [2.24, 2.45) is 0 Å². The molecule has 178 valence electrons. The number of fused-ring (bicyclic) bond motifs is 10. The van der Waals surface area contributed by atoms with Crippen LogP contribution in [0, 0.1) is 6.92 Å². The summed E-state index contributed by atoms with van der Waals surface area (Å²) in [6.07, 6.45) is 0. The normalized spacial score (nSPS) is 16.1. The highest BCUT2D eigenvalue weighted by molar-refractivity contribution is 5.97. The minimum atomic E-state index is -0.482. The summed E-state index contributed by atoms with van der Waals surface area (Å²) in [6, 6.07) is 45.5. The van der Waals surface area contributed by atoms with Crippen LogP contribution in [-0.2, 0) is 5.41 Å². The second-order valence-corrected chi connectivity index (χ2v) is 10.2. The van der Waals surface area contributed by atoms with E-state index in [-0.39, 0.29) is 0 Å². The van der Waals surface area contributed by atoms with Gasteiger partial charge in [0.05, 0.1) is 16.8 Å². The number of benzene rings is 5. The molecule has 0 N–H and O–H groups in total. The van der Waals surface area contributed by atoms with Crippen LogP contribution in [0.4, 0.5) is 0 Å². The molecule has 0 saturated carbocycles. The summed E-state index contributed by atoms with van der Waals surface area (Å²) in [5, 5.41) is 0. The number of nitrogens with zero attached hydrogens (tertiary/aromatic N) is 2. The molecule has 0 fully saturated rings. The number of hydrogen-bond donors (Lipinski definition) is 0. The van der Waals surface area contributed by atoms with Gasteiger partial charge in [-0.05, 0) is 34.7 Å². The first kappa shape index (κ1) is 21.3. The van der Waals surface area contributed by atoms with E-state index in [1.165, 1.54) is 44.5 Å². The zero-order valence-corrected chi connectivity index (χ0v) is 21.0. The van der Waals surface area contributed by atoms with Crippen molar-refractivity contribution in [2.75, 3.05) is 0 Å². The molecule has 1 aromatic heterocycles. The summed E-state index contributed by atoms with van der Waals surface area (Å²) in [6.45, 7) is 2.19. The predicted molar refractivity (Wildman–Crippen MR) is 154 cm³/mol. The molecule has 1 spiro atoms. The Kier molecular flexibility index (Phi) is 4.39. The van der Waals surface area contributed by atoms with Crippen molar-refractivity contribution in [3.63, 3.8) is 0 Å². The smallest absolute Gasteiger partial charge is 0.160 e. The lowest BCUT2D eigenvalue weighted by molar-refractivity contribution is 0.787. The average molecular weight is 485 g/mol. The van der Waals surface area contributed by atoms with E-state index in [1.807, 2.05) is 6.07 Å². The number of aryl methyl sites for hydroxylation is 1. The molecule has 2 nitrogen and oxygen atoms in total. The highest BCUT2D eigenvalue weighted by atomic mass is 14.9. The van der Waals surface area contributed by atoms with Crippen LogP contribution in [0.2, 0.25) is 0 Å². The Morgan fingerprint density at radius 3 is 1.76 bits per heavy atom. The Labute approximate surface area is 222 Å². The molecule has 0 aliphatic heterocycles. The predicted octanol–water partition coefficient (Wildman–Crippen LogP) is 8.46. The molecule has 1 heterocycles. The Morgan fingerprint density at radius 1 is 0.474 bits per heavy atom. The summed E-state index contributed by atoms with van der Waals surface area (Å²) in [5.74, 6) is 0.755. The van der Waals surface area contributed by atoms with Gasteiger partial charge in [0, 0.05) is 22.3 Å². The molecule has 5 aromatic carbocycles. The maximum absolute atomic E-state index is 5.34. The van der Waals surface area contributed by atoms with Crippen LogP contribution in [0.3, 0.4) is 0 Å². The molecule has 1 atom stereocenters. The van der Waals surface area contributed by atoms with Crippen molar-refractivity contribution in [3.8, 4) is 45.0 Å². The van der Waals surface area contributed by atoms with Crippen LogP contribution in [-0.4, -0.2) is 9.97 Å². The van der Waals surface area contributed by atoms with Gasteiger partial charge in [-0.15, -0.1) is 0 Å². The van der Waals surface area contributed by atoms with Gasteiger partial charge in [0.2, 0.25) is 0 Å². The topological polar surface area (TPSA) is 25.8 Å². The molecular formula is C36H24N2. The van der Waals surface area contributed by atoms with Gasteiger partial charge in [0.25, 0.3) is 0 Å². The Hall–Kier alpha value is -4.82. The monoisotopic (exact) mass is 484 g/mol. The number of hydrogen-bond acceptors (Lipinski definition) is 2. The van der Waals surface area contributed by atoms with Crippen molar-refractivity contribution in [2.45, 2.75) is 12.3 Å². The molecule has 2 aliphatic carbocycles. The standard InChI is InChI=1S/C36H24N2/c1-23-20-21-27-26-16-8-10-18-29(26)36(31(27)22-23)30-19-11-9-17-28(30)34-32(36)33(24-12-4-2-5-13-24)37-35(38-34)25-14-6-3-7-15-25/h2-22H,1H3. The van der Waals surface area contributed by atoms with Gasteiger partial charge < -0.3 is 0 Å². The molecule has 1 unspecified atom stereocenters. The summed E-state index contributed by atoms with van der Waals surface area (Å²) < 4.78 is 0. The fraction of sp³-hybridized carbons (Fsp3) is 0.0556. The lowest BCUT2D eigenvalue weighted by atomic mass is 9.69. The molecule has 0 saturated heterocycles. The summed E-state index contributed by atoms with van der Waals surface area (Å²) in [5.41, 5.74) is 13.8. The van der Waals surface area contributed by atoms with E-state index in [1.54, 1.807) is 0 Å². The van der Waals surface area contributed by atoms with Crippen LogP contribution in [0.5, 0.6) is 0 Å². The van der Waals surface area contributed by atoms with Gasteiger partial charge >= 0.3 is 0 Å². The molecule has 38 heavy (non-hydrogen) atoms. The first-order valence-electron chi connectivity index (χ1n) is 13.1. The largest absolute Gasteiger partial charge is 0.228 e. The van der Waals surface area contributed by atoms with Crippen molar-refractivity contribution in [1.29, 1.82) is 0 Å². The first-order chi connectivity index (χ1) is 18.8. The highest BCUT2D eigenvalue weighted by Gasteiger charge is 2.54. The summed E-state index contributed by atoms with van der Waals surface area (Å²) in [4.78, 5) is 10.7. The van der Waals surface area contributed by atoms with E-state index in [2.05, 4.69) is 128 Å². The van der Waals surface area contributed by atoms with Crippen LogP contribution < -0.4 is 0 Å². The van der Waals surface area contributed by atoms with Gasteiger partial charge in [-0.3, -0.25) is 0 Å². The van der Waals surface area contributed by atoms with Gasteiger partial charge in [-0.1, -0.05) is 133 Å². The molecule has 8 rings (SSSR count). The van der Waals surface area contributed by atoms with E-state index >= 15 is 0 Å². The Morgan fingerprint density at radius 2 is 1.03 bits per heavy atom. The maximum atomic E-state index is 5.34. The lowest BCUT2D eigenvalue weighted by Crippen LogP contribution is -2.27. The fourth-order valence-electron chi connectivity index (χ4n) is 6.64. The molecular weight excluding hydrogens is 460 g/mol. The zero-order chi connectivity index (χ0) is 25.3. The molecule has 0 radical (unpaired) electrons. The molecule has 6 aromatic rings. The summed E-state index contributed by atoms with van der Waals surface area (Å²) >= 11 is 0. The zero-order valence-electron chi connectivity index (χ0n) is 21.0. The van der Waals surface area contributed by atoms with Crippen LogP contribution >= 0.6 is 0 Å². The fourth-order valence-corrected chi connectivity index (χ4v) is 6.64. The second kappa shape index (κ2) is 7.84. The molecule has 0 bridgehead atoms. The average Bonchev–Trinajstić information content (AvgIpc) is 3.44. The number of aromatic nitrogens is 2. The second-order valence-electron chi connectivity index (χ2n) is 10.2. The van der Waals surface area contributed by atoms with E-state index in [4.69, 9.17) is 9.97 Å². The van der Waals surface area contributed by atoms with Crippen molar-refractivity contribution < 1.29 is 0 Å². The minimum Gasteiger partial charge on any atom is -0.228 e.